The zero-order chi connectivity index (χ0) is 15.1. The summed E-state index contributed by atoms with van der Waals surface area (Å²) >= 11 is 0. The van der Waals surface area contributed by atoms with Gasteiger partial charge in [-0.1, -0.05) is 0 Å². The van der Waals surface area contributed by atoms with Gasteiger partial charge in [0.15, 0.2) is 0 Å². The third-order valence-electron chi connectivity index (χ3n) is 3.85. The van der Waals surface area contributed by atoms with Crippen molar-refractivity contribution in [2.24, 2.45) is 5.92 Å². The molecular weight excluding hydrogens is 304 g/mol. The van der Waals surface area contributed by atoms with E-state index >= 15 is 0 Å². The molecule has 1 amide bonds. The Bertz CT molecular complexity index is 476. The summed E-state index contributed by atoms with van der Waals surface area (Å²) in [6.45, 7) is 2.41. The van der Waals surface area contributed by atoms with Crippen LogP contribution in [0, 0.1) is 5.92 Å². The Kier molecular flexibility index (Phi) is 8.06. The molecule has 1 atom stereocenters. The zero-order valence-electron chi connectivity index (χ0n) is 13.2. The molecule has 0 spiro atoms. The van der Waals surface area contributed by atoms with E-state index in [0.717, 1.165) is 49.4 Å². The number of halogens is 1. The van der Waals surface area contributed by atoms with Crippen molar-refractivity contribution in [2.75, 3.05) is 33.9 Å². The second-order valence-electron chi connectivity index (χ2n) is 5.26. The van der Waals surface area contributed by atoms with Crippen molar-refractivity contribution < 1.29 is 14.3 Å². The second-order valence-corrected chi connectivity index (χ2v) is 5.26. The minimum absolute atomic E-state index is 0. The van der Waals surface area contributed by atoms with Crippen LogP contribution in [0.5, 0.6) is 11.5 Å². The summed E-state index contributed by atoms with van der Waals surface area (Å²) in [7, 11) is 3.29. The van der Waals surface area contributed by atoms with Crippen molar-refractivity contribution in [2.45, 2.75) is 19.3 Å². The van der Waals surface area contributed by atoms with Crippen LogP contribution in [0.1, 0.15) is 18.4 Å². The molecule has 0 aliphatic carbocycles. The molecule has 1 unspecified atom stereocenters. The van der Waals surface area contributed by atoms with Gasteiger partial charge in [-0.2, -0.15) is 0 Å². The van der Waals surface area contributed by atoms with Crippen LogP contribution < -0.4 is 20.1 Å². The lowest BCUT2D eigenvalue weighted by atomic mass is 9.99. The second kappa shape index (κ2) is 9.54. The van der Waals surface area contributed by atoms with Crippen molar-refractivity contribution in [3.8, 4) is 11.5 Å². The van der Waals surface area contributed by atoms with Gasteiger partial charge in [-0.25, -0.2) is 0 Å². The fourth-order valence-corrected chi connectivity index (χ4v) is 2.62. The lowest BCUT2D eigenvalue weighted by molar-refractivity contribution is -0.125. The van der Waals surface area contributed by atoms with Gasteiger partial charge in [0.2, 0.25) is 5.91 Å². The van der Waals surface area contributed by atoms with Crippen LogP contribution in [0.3, 0.4) is 0 Å². The van der Waals surface area contributed by atoms with Gasteiger partial charge in [0.1, 0.15) is 11.5 Å². The predicted molar refractivity (Wildman–Crippen MR) is 89.1 cm³/mol. The first-order valence-electron chi connectivity index (χ1n) is 7.44. The summed E-state index contributed by atoms with van der Waals surface area (Å²) in [6.07, 6.45) is 2.77. The summed E-state index contributed by atoms with van der Waals surface area (Å²) in [4.78, 5) is 12.1. The molecule has 1 fully saturated rings. The molecule has 2 N–H and O–H groups in total. The van der Waals surface area contributed by atoms with Gasteiger partial charge < -0.3 is 20.1 Å². The summed E-state index contributed by atoms with van der Waals surface area (Å²) < 4.78 is 10.6. The van der Waals surface area contributed by atoms with Crippen LogP contribution >= 0.6 is 12.4 Å². The highest BCUT2D eigenvalue weighted by molar-refractivity contribution is 5.85. The number of rotatable bonds is 6. The Morgan fingerprint density at radius 1 is 1.36 bits per heavy atom. The third kappa shape index (κ3) is 5.07. The number of amides is 1. The van der Waals surface area contributed by atoms with Gasteiger partial charge in [0.25, 0.3) is 0 Å². The number of benzene rings is 1. The smallest absolute Gasteiger partial charge is 0.224 e. The fraction of sp³-hybridized carbons (Fsp3) is 0.562. The normalized spacial score (nSPS) is 17.3. The van der Waals surface area contributed by atoms with E-state index in [1.807, 2.05) is 18.2 Å². The molecule has 22 heavy (non-hydrogen) atoms. The highest BCUT2D eigenvalue weighted by Crippen LogP contribution is 2.24. The average molecular weight is 329 g/mol. The van der Waals surface area contributed by atoms with Gasteiger partial charge in [-0.15, -0.1) is 12.4 Å². The van der Waals surface area contributed by atoms with Crippen LogP contribution in [0.2, 0.25) is 0 Å². The first kappa shape index (κ1) is 18.6. The van der Waals surface area contributed by atoms with E-state index in [4.69, 9.17) is 9.47 Å². The van der Waals surface area contributed by atoms with Crippen LogP contribution in [0.25, 0.3) is 0 Å². The Labute approximate surface area is 138 Å². The number of methoxy groups -OCH3 is 2. The SMILES string of the molecule is COc1ccc(OC)c(CCNC(=O)C2CCCNC2)c1.Cl. The van der Waals surface area contributed by atoms with Crippen molar-refractivity contribution >= 4 is 18.3 Å². The first-order valence-corrected chi connectivity index (χ1v) is 7.44. The number of carbonyl (C=O) groups is 1. The van der Waals surface area contributed by atoms with E-state index in [9.17, 15) is 4.79 Å². The van der Waals surface area contributed by atoms with E-state index in [-0.39, 0.29) is 24.2 Å². The highest BCUT2D eigenvalue weighted by atomic mass is 35.5. The average Bonchev–Trinajstić information content (AvgIpc) is 2.55. The molecule has 1 heterocycles. The van der Waals surface area contributed by atoms with E-state index in [1.165, 1.54) is 0 Å². The summed E-state index contributed by atoms with van der Waals surface area (Å²) in [6, 6.07) is 5.71. The largest absolute Gasteiger partial charge is 0.497 e. The van der Waals surface area contributed by atoms with Crippen LogP contribution in [0.4, 0.5) is 0 Å². The molecule has 1 aliphatic heterocycles. The van der Waals surface area contributed by atoms with Crippen molar-refractivity contribution in [1.29, 1.82) is 0 Å². The van der Waals surface area contributed by atoms with Crippen molar-refractivity contribution in [1.82, 2.24) is 10.6 Å². The van der Waals surface area contributed by atoms with Crippen molar-refractivity contribution in [3.05, 3.63) is 23.8 Å². The van der Waals surface area contributed by atoms with Crippen LogP contribution in [-0.4, -0.2) is 39.8 Å². The summed E-state index contributed by atoms with van der Waals surface area (Å²) in [5.41, 5.74) is 1.04. The molecule has 1 aliphatic rings. The molecule has 1 aromatic carbocycles. The Hall–Kier alpha value is -1.46. The Balaban J connectivity index is 0.00000242. The lowest BCUT2D eigenvalue weighted by Crippen LogP contribution is -2.41. The Morgan fingerprint density at radius 3 is 2.82 bits per heavy atom. The minimum Gasteiger partial charge on any atom is -0.497 e. The summed E-state index contributed by atoms with van der Waals surface area (Å²) in [5, 5.41) is 6.27. The maximum Gasteiger partial charge on any atom is 0.224 e. The third-order valence-corrected chi connectivity index (χ3v) is 3.85. The molecule has 0 bridgehead atoms. The van der Waals surface area contributed by atoms with E-state index < -0.39 is 0 Å². The van der Waals surface area contributed by atoms with Gasteiger partial charge in [-0.05, 0) is 49.6 Å². The van der Waals surface area contributed by atoms with E-state index in [0.29, 0.717) is 6.54 Å². The summed E-state index contributed by atoms with van der Waals surface area (Å²) in [5.74, 6) is 1.87. The number of carbonyl (C=O) groups excluding carboxylic acids is 1. The van der Waals surface area contributed by atoms with Gasteiger partial charge >= 0.3 is 0 Å². The molecule has 0 radical (unpaired) electrons. The highest BCUT2D eigenvalue weighted by Gasteiger charge is 2.20. The molecule has 1 saturated heterocycles. The molecule has 5 nitrogen and oxygen atoms in total. The zero-order valence-corrected chi connectivity index (χ0v) is 14.0. The number of ether oxygens (including phenoxy) is 2. The molecular formula is C16H25ClN2O3. The monoisotopic (exact) mass is 328 g/mol. The van der Waals surface area contributed by atoms with Gasteiger partial charge in [0.05, 0.1) is 20.1 Å². The van der Waals surface area contributed by atoms with E-state index in [1.54, 1.807) is 14.2 Å². The predicted octanol–water partition coefficient (Wildman–Crippen LogP) is 1.78. The fourth-order valence-electron chi connectivity index (χ4n) is 2.62. The molecule has 0 aromatic heterocycles. The minimum atomic E-state index is 0. The van der Waals surface area contributed by atoms with Crippen LogP contribution in [-0.2, 0) is 11.2 Å². The van der Waals surface area contributed by atoms with E-state index in [2.05, 4.69) is 10.6 Å². The Morgan fingerprint density at radius 2 is 2.18 bits per heavy atom. The number of nitrogens with one attached hydrogen (secondary N) is 2. The number of hydrogen-bond acceptors (Lipinski definition) is 4. The maximum atomic E-state index is 12.1. The standard InChI is InChI=1S/C16H24N2O3.ClH/c1-20-14-5-6-15(21-2)12(10-14)7-9-18-16(19)13-4-3-8-17-11-13;/h5-6,10,13,17H,3-4,7-9,11H2,1-2H3,(H,18,19);1H. The molecule has 0 saturated carbocycles. The van der Waals surface area contributed by atoms with Crippen molar-refractivity contribution in [3.63, 3.8) is 0 Å². The van der Waals surface area contributed by atoms with Gasteiger partial charge in [0, 0.05) is 13.1 Å². The topological polar surface area (TPSA) is 59.6 Å². The maximum absolute atomic E-state index is 12.1. The van der Waals surface area contributed by atoms with Crippen LogP contribution in [0.15, 0.2) is 18.2 Å². The first-order chi connectivity index (χ1) is 10.2. The van der Waals surface area contributed by atoms with Gasteiger partial charge in [-0.3, -0.25) is 4.79 Å². The number of hydrogen-bond donors (Lipinski definition) is 2. The molecule has 6 heteroatoms. The lowest BCUT2D eigenvalue weighted by Gasteiger charge is -2.22. The molecule has 1 aromatic rings. The molecule has 124 valence electrons. The quantitative estimate of drug-likeness (QED) is 0.836. The molecule has 2 rings (SSSR count). The number of piperidine rings is 1.